The maximum absolute atomic E-state index is 11.9. The molecule has 0 N–H and O–H groups in total. The Bertz CT molecular complexity index is 737. The molecule has 1 aromatic heterocycles. The zero-order valence-corrected chi connectivity index (χ0v) is 12.0. The smallest absolute Gasteiger partial charge is 0.358 e. The van der Waals surface area contributed by atoms with Crippen LogP contribution in [0.4, 0.5) is 5.82 Å². The van der Waals surface area contributed by atoms with Gasteiger partial charge in [0.1, 0.15) is 6.20 Å². The minimum atomic E-state index is -3.82. The summed E-state index contributed by atoms with van der Waals surface area (Å²) >= 11 is 0. The van der Waals surface area contributed by atoms with Crippen molar-refractivity contribution in [2.24, 2.45) is 0 Å². The van der Waals surface area contributed by atoms with Crippen molar-refractivity contribution in [1.29, 1.82) is 0 Å². The molecule has 0 aliphatic carbocycles. The van der Waals surface area contributed by atoms with Crippen LogP contribution in [0.25, 0.3) is 0 Å². The van der Waals surface area contributed by atoms with Gasteiger partial charge in [-0.2, -0.15) is 8.42 Å². The first kappa shape index (κ1) is 15.1. The summed E-state index contributed by atoms with van der Waals surface area (Å²) in [5, 5.41) is 10.5. The number of hydrogen-bond acceptors (Lipinski definition) is 6. The number of aromatic nitrogens is 2. The average molecular weight is 311 g/mol. The highest BCUT2D eigenvalue weighted by molar-refractivity contribution is 7.86. The Balaban J connectivity index is 1.95. The summed E-state index contributed by atoms with van der Waals surface area (Å²) in [4.78, 5) is 13.5. The molecule has 1 heterocycles. The number of rotatable bonds is 6. The van der Waals surface area contributed by atoms with E-state index >= 15 is 0 Å². The van der Waals surface area contributed by atoms with E-state index in [1.54, 1.807) is 12.1 Å². The van der Waals surface area contributed by atoms with Crippen molar-refractivity contribution in [1.82, 2.24) is 9.55 Å². The highest BCUT2D eigenvalue weighted by atomic mass is 32.2. The van der Waals surface area contributed by atoms with Gasteiger partial charge in [-0.15, -0.1) is 0 Å². The molecular formula is C12H13N3O5S. The van der Waals surface area contributed by atoms with Gasteiger partial charge < -0.3 is 14.7 Å². The van der Waals surface area contributed by atoms with Gasteiger partial charge in [-0.25, -0.2) is 0 Å². The molecular weight excluding hydrogens is 298 g/mol. The highest BCUT2D eigenvalue weighted by Crippen LogP contribution is 2.13. The fraction of sp³-hybridized carbons (Fsp3) is 0.250. The fourth-order valence-corrected chi connectivity index (χ4v) is 2.49. The quantitative estimate of drug-likeness (QED) is 0.455. The van der Waals surface area contributed by atoms with Crippen LogP contribution in [0, 0.1) is 17.0 Å². The first-order valence-electron chi connectivity index (χ1n) is 6.01. The van der Waals surface area contributed by atoms with Gasteiger partial charge in [-0.3, -0.25) is 4.18 Å². The molecule has 0 fully saturated rings. The first-order chi connectivity index (χ1) is 9.88. The minimum Gasteiger partial charge on any atom is -0.358 e. The summed E-state index contributed by atoms with van der Waals surface area (Å²) in [6.45, 7) is 1.86. The van der Waals surface area contributed by atoms with Crippen LogP contribution in [0.5, 0.6) is 0 Å². The number of aryl methyl sites for hydroxylation is 1. The van der Waals surface area contributed by atoms with Gasteiger partial charge >= 0.3 is 5.82 Å². The molecule has 0 aliphatic rings. The van der Waals surface area contributed by atoms with Gasteiger partial charge in [0.25, 0.3) is 10.1 Å². The predicted octanol–water partition coefficient (Wildman–Crippen LogP) is 1.51. The van der Waals surface area contributed by atoms with Crippen LogP contribution in [0.2, 0.25) is 0 Å². The van der Waals surface area contributed by atoms with Gasteiger partial charge in [0, 0.05) is 0 Å². The number of imidazole rings is 1. The van der Waals surface area contributed by atoms with Crippen molar-refractivity contribution in [2.75, 3.05) is 6.61 Å². The Morgan fingerprint density at radius 3 is 2.57 bits per heavy atom. The summed E-state index contributed by atoms with van der Waals surface area (Å²) in [7, 11) is -3.82. The molecule has 9 heteroatoms. The summed E-state index contributed by atoms with van der Waals surface area (Å²) in [6, 6.07) is 6.28. The lowest BCUT2D eigenvalue weighted by Crippen LogP contribution is -2.11. The zero-order chi connectivity index (χ0) is 15.5. The van der Waals surface area contributed by atoms with Gasteiger partial charge in [0.15, 0.2) is 0 Å². The van der Waals surface area contributed by atoms with Crippen LogP contribution in [-0.2, 0) is 20.8 Å². The molecule has 2 rings (SSSR count). The van der Waals surface area contributed by atoms with Crippen molar-refractivity contribution < 1.29 is 17.5 Å². The maximum atomic E-state index is 11.9. The lowest BCUT2D eigenvalue weighted by atomic mass is 10.2. The second-order valence-electron chi connectivity index (χ2n) is 4.32. The van der Waals surface area contributed by atoms with Crippen LogP contribution in [0.3, 0.4) is 0 Å². The third-order valence-electron chi connectivity index (χ3n) is 2.70. The average Bonchev–Trinajstić information content (AvgIpc) is 2.88. The van der Waals surface area contributed by atoms with Crippen LogP contribution >= 0.6 is 0 Å². The molecule has 0 unspecified atom stereocenters. The summed E-state index contributed by atoms with van der Waals surface area (Å²) in [5.74, 6) is -0.295. The molecule has 1 aromatic carbocycles. The molecule has 112 valence electrons. The standard InChI is InChI=1S/C12H13N3O5S/c1-10-2-4-11(5-3-10)21(18,19)20-7-6-14-8-12(13-9-14)15(16)17/h2-5,8-9H,6-7H2,1H3. The third-order valence-corrected chi connectivity index (χ3v) is 4.03. The summed E-state index contributed by atoms with van der Waals surface area (Å²) < 4.78 is 30.1. The van der Waals surface area contributed by atoms with Gasteiger partial charge in [0.05, 0.1) is 18.0 Å². The van der Waals surface area contributed by atoms with E-state index in [0.717, 1.165) is 5.56 Å². The molecule has 0 atom stereocenters. The number of hydrogen-bond donors (Lipinski definition) is 0. The second kappa shape index (κ2) is 6.02. The van der Waals surface area contributed by atoms with Crippen molar-refractivity contribution >= 4 is 15.9 Å². The lowest BCUT2D eigenvalue weighted by molar-refractivity contribution is -0.389. The van der Waals surface area contributed by atoms with E-state index in [1.165, 1.54) is 29.2 Å². The van der Waals surface area contributed by atoms with Crippen LogP contribution < -0.4 is 0 Å². The maximum Gasteiger partial charge on any atom is 0.381 e. The Morgan fingerprint density at radius 2 is 2.00 bits per heavy atom. The minimum absolute atomic E-state index is 0.0738. The second-order valence-corrected chi connectivity index (χ2v) is 5.93. The van der Waals surface area contributed by atoms with E-state index in [4.69, 9.17) is 4.18 Å². The number of nitrogens with zero attached hydrogens (tertiary/aromatic N) is 3. The Kier molecular flexibility index (Phi) is 4.34. The van der Waals surface area contributed by atoms with Gasteiger partial charge in [-0.05, 0) is 29.0 Å². The molecule has 0 saturated heterocycles. The molecule has 0 bridgehead atoms. The molecule has 0 radical (unpaired) electrons. The van der Waals surface area contributed by atoms with Crippen molar-refractivity contribution in [3.8, 4) is 0 Å². The first-order valence-corrected chi connectivity index (χ1v) is 7.41. The van der Waals surface area contributed by atoms with E-state index < -0.39 is 15.0 Å². The van der Waals surface area contributed by atoms with E-state index in [9.17, 15) is 18.5 Å². The highest BCUT2D eigenvalue weighted by Gasteiger charge is 2.15. The predicted molar refractivity (Wildman–Crippen MR) is 73.2 cm³/mol. The molecule has 8 nitrogen and oxygen atoms in total. The zero-order valence-electron chi connectivity index (χ0n) is 11.2. The van der Waals surface area contributed by atoms with E-state index in [2.05, 4.69) is 4.98 Å². The van der Waals surface area contributed by atoms with E-state index in [0.29, 0.717) is 0 Å². The summed E-state index contributed by atoms with van der Waals surface area (Å²) in [5.41, 5.74) is 0.944. The fourth-order valence-electron chi connectivity index (χ4n) is 1.59. The molecule has 0 spiro atoms. The Morgan fingerprint density at radius 1 is 1.33 bits per heavy atom. The third kappa shape index (κ3) is 3.86. The summed E-state index contributed by atoms with van der Waals surface area (Å²) in [6.07, 6.45) is 2.46. The molecule has 0 aliphatic heterocycles. The van der Waals surface area contributed by atoms with Gasteiger partial charge in [0.2, 0.25) is 6.33 Å². The topological polar surface area (TPSA) is 104 Å². The Labute approximate surface area is 121 Å². The van der Waals surface area contributed by atoms with Crippen molar-refractivity contribution in [3.05, 3.63) is 52.5 Å². The van der Waals surface area contributed by atoms with E-state index in [1.807, 2.05) is 6.92 Å². The van der Waals surface area contributed by atoms with Crippen LogP contribution in [0.1, 0.15) is 5.56 Å². The SMILES string of the molecule is Cc1ccc(S(=O)(=O)OCCn2cnc([N+](=O)[O-])c2)cc1. The molecule has 2 aromatic rings. The number of nitro groups is 1. The van der Waals surface area contributed by atoms with E-state index in [-0.39, 0.29) is 23.9 Å². The van der Waals surface area contributed by atoms with Crippen molar-refractivity contribution in [3.63, 3.8) is 0 Å². The largest absolute Gasteiger partial charge is 0.381 e. The molecule has 21 heavy (non-hydrogen) atoms. The monoisotopic (exact) mass is 311 g/mol. The molecule has 0 saturated carbocycles. The van der Waals surface area contributed by atoms with Gasteiger partial charge in [-0.1, -0.05) is 17.7 Å². The van der Waals surface area contributed by atoms with Crippen LogP contribution in [0.15, 0.2) is 41.7 Å². The lowest BCUT2D eigenvalue weighted by Gasteiger charge is -2.05. The number of benzene rings is 1. The normalized spacial score (nSPS) is 11.5. The molecule has 0 amide bonds. The Hall–Kier alpha value is -2.26. The van der Waals surface area contributed by atoms with Crippen LogP contribution in [-0.4, -0.2) is 29.5 Å². The van der Waals surface area contributed by atoms with Crippen molar-refractivity contribution in [2.45, 2.75) is 18.4 Å².